The molecule has 2 amide bonds. The maximum atomic E-state index is 13.2. The van der Waals surface area contributed by atoms with Crippen molar-refractivity contribution in [3.05, 3.63) is 70.6 Å². The van der Waals surface area contributed by atoms with E-state index in [0.717, 1.165) is 17.5 Å². The standard InChI is InChI=1S/C23H19F3N4O3S/c1-14-17-13-19(21(32)29-9-7-28(8-10-29)20(31)18-6-3-11-33-18)34-22(17)30(27-14)16-5-2-4-15(12-16)23(24,25)26/h2-6,11-13H,7-10H2,1H3. The summed E-state index contributed by atoms with van der Waals surface area (Å²) in [5.74, 6) is -0.129. The third kappa shape index (κ3) is 3.96. The van der Waals surface area contributed by atoms with Gasteiger partial charge in [-0.15, -0.1) is 11.3 Å². The molecule has 1 aromatic carbocycles. The van der Waals surface area contributed by atoms with Gasteiger partial charge in [-0.3, -0.25) is 9.59 Å². The van der Waals surface area contributed by atoms with Crippen molar-refractivity contribution >= 4 is 33.4 Å². The highest BCUT2D eigenvalue weighted by molar-refractivity contribution is 7.20. The van der Waals surface area contributed by atoms with Gasteiger partial charge in [0.2, 0.25) is 0 Å². The molecule has 176 valence electrons. The number of carbonyl (C=O) groups is 2. The minimum Gasteiger partial charge on any atom is -0.459 e. The van der Waals surface area contributed by atoms with E-state index in [0.29, 0.717) is 41.6 Å². The van der Waals surface area contributed by atoms with Crippen molar-refractivity contribution < 1.29 is 27.2 Å². The number of thiophene rings is 1. The molecule has 0 bridgehead atoms. The molecule has 1 aliphatic rings. The van der Waals surface area contributed by atoms with Crippen LogP contribution >= 0.6 is 11.3 Å². The van der Waals surface area contributed by atoms with Gasteiger partial charge in [0, 0.05) is 31.6 Å². The van der Waals surface area contributed by atoms with Crippen LogP contribution in [0.2, 0.25) is 0 Å². The first-order valence-corrected chi connectivity index (χ1v) is 11.3. The van der Waals surface area contributed by atoms with Crippen LogP contribution in [0.5, 0.6) is 0 Å². The minimum atomic E-state index is -4.46. The number of furan rings is 1. The zero-order valence-corrected chi connectivity index (χ0v) is 18.8. The molecule has 0 atom stereocenters. The van der Waals surface area contributed by atoms with Gasteiger partial charge in [-0.1, -0.05) is 6.07 Å². The summed E-state index contributed by atoms with van der Waals surface area (Å²) in [6.07, 6.45) is -3.02. The highest BCUT2D eigenvalue weighted by atomic mass is 32.1. The molecule has 4 aromatic rings. The van der Waals surface area contributed by atoms with E-state index >= 15 is 0 Å². The number of amides is 2. The molecule has 0 unspecified atom stereocenters. The van der Waals surface area contributed by atoms with Crippen molar-refractivity contribution in [2.45, 2.75) is 13.1 Å². The van der Waals surface area contributed by atoms with Crippen LogP contribution in [0.3, 0.4) is 0 Å². The number of aryl methyl sites for hydroxylation is 1. The maximum absolute atomic E-state index is 13.2. The van der Waals surface area contributed by atoms with Crippen molar-refractivity contribution in [3.63, 3.8) is 0 Å². The molecular formula is C23H19F3N4O3S. The van der Waals surface area contributed by atoms with Crippen molar-refractivity contribution in [2.24, 2.45) is 0 Å². The molecule has 7 nitrogen and oxygen atoms in total. The molecule has 0 N–H and O–H groups in total. The predicted octanol–water partition coefficient (Wildman–Crippen LogP) is 4.61. The van der Waals surface area contributed by atoms with Gasteiger partial charge in [0.05, 0.1) is 28.1 Å². The Hall–Kier alpha value is -3.60. The van der Waals surface area contributed by atoms with E-state index in [1.165, 1.54) is 28.3 Å². The van der Waals surface area contributed by atoms with Crippen LogP contribution in [0.4, 0.5) is 13.2 Å². The van der Waals surface area contributed by atoms with E-state index in [1.54, 1.807) is 41.0 Å². The Morgan fingerprint density at radius 3 is 2.35 bits per heavy atom. The van der Waals surface area contributed by atoms with Gasteiger partial charge in [-0.05, 0) is 43.3 Å². The normalized spacial score (nSPS) is 14.7. The number of rotatable bonds is 3. The molecule has 0 aliphatic carbocycles. The Kier molecular flexibility index (Phi) is 5.43. The lowest BCUT2D eigenvalue weighted by Gasteiger charge is -2.34. The fraction of sp³-hybridized carbons (Fsp3) is 0.261. The van der Waals surface area contributed by atoms with Crippen LogP contribution in [-0.2, 0) is 6.18 Å². The minimum absolute atomic E-state index is 0.179. The first kappa shape index (κ1) is 22.2. The van der Waals surface area contributed by atoms with Crippen molar-refractivity contribution in [3.8, 4) is 5.69 Å². The van der Waals surface area contributed by atoms with Crippen LogP contribution in [-0.4, -0.2) is 57.6 Å². The number of alkyl halides is 3. The van der Waals surface area contributed by atoms with Gasteiger partial charge in [0.1, 0.15) is 4.83 Å². The second-order valence-electron chi connectivity index (χ2n) is 7.94. The van der Waals surface area contributed by atoms with Crippen LogP contribution in [0.15, 0.2) is 53.1 Å². The fourth-order valence-corrected chi connectivity index (χ4v) is 5.12. The summed E-state index contributed by atoms with van der Waals surface area (Å²) in [4.78, 5) is 30.0. The molecule has 1 saturated heterocycles. The van der Waals surface area contributed by atoms with E-state index in [2.05, 4.69) is 5.10 Å². The molecule has 11 heteroatoms. The zero-order chi connectivity index (χ0) is 24.0. The third-order valence-corrected chi connectivity index (χ3v) is 6.86. The molecule has 5 rings (SSSR count). The number of carbonyl (C=O) groups excluding carboxylic acids is 2. The van der Waals surface area contributed by atoms with Gasteiger partial charge in [0.25, 0.3) is 11.8 Å². The molecule has 4 heterocycles. The first-order chi connectivity index (χ1) is 16.2. The van der Waals surface area contributed by atoms with Gasteiger partial charge < -0.3 is 14.2 Å². The monoisotopic (exact) mass is 488 g/mol. The first-order valence-electron chi connectivity index (χ1n) is 10.5. The molecule has 34 heavy (non-hydrogen) atoms. The lowest BCUT2D eigenvalue weighted by molar-refractivity contribution is -0.137. The maximum Gasteiger partial charge on any atom is 0.416 e. The van der Waals surface area contributed by atoms with Gasteiger partial charge in [-0.25, -0.2) is 4.68 Å². The summed E-state index contributed by atoms with van der Waals surface area (Å²) in [5, 5.41) is 5.11. The van der Waals surface area contributed by atoms with Crippen LogP contribution in [0, 0.1) is 6.92 Å². The summed E-state index contributed by atoms with van der Waals surface area (Å²) in [6, 6.07) is 9.93. The number of halogens is 3. The Labute approximate surface area is 196 Å². The second kappa shape index (κ2) is 8.32. The van der Waals surface area contributed by atoms with Gasteiger partial charge in [0.15, 0.2) is 5.76 Å². The lowest BCUT2D eigenvalue weighted by Crippen LogP contribution is -2.50. The van der Waals surface area contributed by atoms with E-state index in [1.807, 2.05) is 0 Å². The number of piperazine rings is 1. The average molecular weight is 488 g/mol. The van der Waals surface area contributed by atoms with Crippen molar-refractivity contribution in [1.29, 1.82) is 0 Å². The Morgan fingerprint density at radius 2 is 1.71 bits per heavy atom. The summed E-state index contributed by atoms with van der Waals surface area (Å²) < 4.78 is 46.1. The number of nitrogens with zero attached hydrogens (tertiary/aromatic N) is 4. The molecule has 1 fully saturated rings. The number of hydrogen-bond acceptors (Lipinski definition) is 5. The van der Waals surface area contributed by atoms with Gasteiger partial charge >= 0.3 is 6.18 Å². The number of fused-ring (bicyclic) bond motifs is 1. The third-order valence-electron chi connectivity index (χ3n) is 5.76. The molecule has 0 radical (unpaired) electrons. The Balaban J connectivity index is 1.36. The topological polar surface area (TPSA) is 71.6 Å². The second-order valence-corrected chi connectivity index (χ2v) is 8.97. The molecule has 3 aromatic heterocycles. The van der Waals surface area contributed by atoms with Crippen molar-refractivity contribution in [2.75, 3.05) is 26.2 Å². The molecule has 0 saturated carbocycles. The largest absolute Gasteiger partial charge is 0.459 e. The molecule has 0 spiro atoms. The van der Waals surface area contributed by atoms with E-state index in [9.17, 15) is 22.8 Å². The highest BCUT2D eigenvalue weighted by Gasteiger charge is 2.31. The average Bonchev–Trinajstić information content (AvgIpc) is 3.57. The molecular weight excluding hydrogens is 469 g/mol. The highest BCUT2D eigenvalue weighted by Crippen LogP contribution is 2.34. The smallest absolute Gasteiger partial charge is 0.416 e. The quantitative estimate of drug-likeness (QED) is 0.423. The Bertz CT molecular complexity index is 1370. The summed E-state index contributed by atoms with van der Waals surface area (Å²) in [6.45, 7) is 3.27. The summed E-state index contributed by atoms with van der Waals surface area (Å²) >= 11 is 1.19. The summed E-state index contributed by atoms with van der Waals surface area (Å²) in [7, 11) is 0. The van der Waals surface area contributed by atoms with Crippen LogP contribution < -0.4 is 0 Å². The summed E-state index contributed by atoms with van der Waals surface area (Å²) in [5.41, 5.74) is 0.136. The SMILES string of the molecule is Cc1nn(-c2cccc(C(F)(F)F)c2)c2sc(C(=O)N3CCN(C(=O)c4ccco4)CC3)cc12. The Morgan fingerprint density at radius 1 is 1.00 bits per heavy atom. The molecule has 1 aliphatic heterocycles. The fourth-order valence-electron chi connectivity index (χ4n) is 3.97. The number of benzene rings is 1. The lowest BCUT2D eigenvalue weighted by atomic mass is 10.2. The van der Waals surface area contributed by atoms with Crippen molar-refractivity contribution in [1.82, 2.24) is 19.6 Å². The predicted molar refractivity (Wildman–Crippen MR) is 119 cm³/mol. The van der Waals surface area contributed by atoms with E-state index in [-0.39, 0.29) is 23.3 Å². The van der Waals surface area contributed by atoms with E-state index in [4.69, 9.17) is 4.42 Å². The van der Waals surface area contributed by atoms with E-state index < -0.39 is 11.7 Å². The number of hydrogen-bond donors (Lipinski definition) is 0. The van der Waals surface area contributed by atoms with Gasteiger partial charge in [-0.2, -0.15) is 18.3 Å². The zero-order valence-electron chi connectivity index (χ0n) is 18.0. The number of aromatic nitrogens is 2. The van der Waals surface area contributed by atoms with Crippen LogP contribution in [0.25, 0.3) is 15.9 Å². The van der Waals surface area contributed by atoms with Crippen LogP contribution in [0.1, 0.15) is 31.5 Å².